The van der Waals surface area contributed by atoms with Gasteiger partial charge in [-0.05, 0) is 24.3 Å². The number of fused-ring (bicyclic) bond motifs is 1. The molecule has 1 atom stereocenters. The molecule has 3 nitrogen and oxygen atoms in total. The van der Waals surface area contributed by atoms with Crippen molar-refractivity contribution in [1.82, 2.24) is 4.98 Å². The molecule has 1 aliphatic carbocycles. The van der Waals surface area contributed by atoms with Crippen LogP contribution in [0.25, 0.3) is 10.8 Å². The molecule has 1 aromatic heterocycles. The molecule has 0 spiro atoms. The molecular weight excluding hydrogens is 238 g/mol. The standard InChI is InChI=1S/C16H17NO2/c1-2-4-13-12(3-1)9-14(11-5-6-11)17-16(13)15-10-18-7-8-19-15/h1-4,9,11,15H,5-8,10H2. The fourth-order valence-corrected chi connectivity index (χ4v) is 2.73. The van der Waals surface area contributed by atoms with Crippen molar-refractivity contribution in [3.63, 3.8) is 0 Å². The van der Waals surface area contributed by atoms with E-state index >= 15 is 0 Å². The predicted octanol–water partition coefficient (Wildman–Crippen LogP) is 3.20. The van der Waals surface area contributed by atoms with E-state index in [1.807, 2.05) is 0 Å². The maximum absolute atomic E-state index is 5.84. The van der Waals surface area contributed by atoms with E-state index in [9.17, 15) is 0 Å². The fourth-order valence-electron chi connectivity index (χ4n) is 2.73. The summed E-state index contributed by atoms with van der Waals surface area (Å²) in [5.74, 6) is 0.660. The van der Waals surface area contributed by atoms with Crippen molar-refractivity contribution in [3.05, 3.63) is 41.7 Å². The highest BCUT2D eigenvalue weighted by Crippen LogP contribution is 2.41. The van der Waals surface area contributed by atoms with Crippen molar-refractivity contribution in [2.75, 3.05) is 19.8 Å². The van der Waals surface area contributed by atoms with Crippen molar-refractivity contribution < 1.29 is 9.47 Å². The summed E-state index contributed by atoms with van der Waals surface area (Å²) in [6.07, 6.45) is 2.52. The lowest BCUT2D eigenvalue weighted by molar-refractivity contribution is -0.0912. The van der Waals surface area contributed by atoms with Crippen LogP contribution in [-0.4, -0.2) is 24.8 Å². The third kappa shape index (κ3) is 2.13. The third-order valence-corrected chi connectivity index (χ3v) is 3.91. The molecule has 2 aliphatic rings. The highest BCUT2D eigenvalue weighted by atomic mass is 16.6. The van der Waals surface area contributed by atoms with Gasteiger partial charge in [0.05, 0.1) is 25.5 Å². The van der Waals surface area contributed by atoms with E-state index in [0.717, 1.165) is 5.69 Å². The van der Waals surface area contributed by atoms with Crippen LogP contribution in [0.4, 0.5) is 0 Å². The van der Waals surface area contributed by atoms with Gasteiger partial charge in [-0.15, -0.1) is 0 Å². The van der Waals surface area contributed by atoms with Crippen molar-refractivity contribution in [2.24, 2.45) is 0 Å². The number of hydrogen-bond acceptors (Lipinski definition) is 3. The first-order chi connectivity index (χ1) is 9.42. The van der Waals surface area contributed by atoms with E-state index in [2.05, 4.69) is 30.3 Å². The molecule has 3 heteroatoms. The first kappa shape index (κ1) is 11.4. The number of ether oxygens (including phenoxy) is 2. The molecule has 98 valence electrons. The van der Waals surface area contributed by atoms with Gasteiger partial charge in [0.2, 0.25) is 0 Å². The molecule has 1 saturated carbocycles. The second-order valence-corrected chi connectivity index (χ2v) is 5.36. The van der Waals surface area contributed by atoms with E-state index in [4.69, 9.17) is 14.5 Å². The number of pyridine rings is 1. The van der Waals surface area contributed by atoms with E-state index in [-0.39, 0.29) is 6.10 Å². The maximum Gasteiger partial charge on any atom is 0.123 e. The van der Waals surface area contributed by atoms with Crippen LogP contribution in [0.2, 0.25) is 0 Å². The van der Waals surface area contributed by atoms with Crippen LogP contribution in [0, 0.1) is 0 Å². The van der Waals surface area contributed by atoms with E-state index < -0.39 is 0 Å². The lowest BCUT2D eigenvalue weighted by atomic mass is 10.0. The monoisotopic (exact) mass is 255 g/mol. The Morgan fingerprint density at radius 2 is 2.00 bits per heavy atom. The second kappa shape index (κ2) is 4.58. The Morgan fingerprint density at radius 3 is 2.79 bits per heavy atom. The molecular formula is C16H17NO2. The largest absolute Gasteiger partial charge is 0.376 e. The van der Waals surface area contributed by atoms with Crippen LogP contribution >= 0.6 is 0 Å². The molecule has 2 fully saturated rings. The van der Waals surface area contributed by atoms with Gasteiger partial charge in [0.15, 0.2) is 0 Å². The van der Waals surface area contributed by atoms with E-state index in [0.29, 0.717) is 25.7 Å². The first-order valence-corrected chi connectivity index (χ1v) is 7.01. The molecule has 19 heavy (non-hydrogen) atoms. The molecule has 1 unspecified atom stereocenters. The number of benzene rings is 1. The molecule has 2 aromatic rings. The first-order valence-electron chi connectivity index (χ1n) is 7.01. The zero-order valence-electron chi connectivity index (χ0n) is 10.8. The van der Waals surface area contributed by atoms with Gasteiger partial charge in [-0.2, -0.15) is 0 Å². The summed E-state index contributed by atoms with van der Waals surface area (Å²) in [6.45, 7) is 1.97. The molecule has 2 heterocycles. The number of nitrogens with zero attached hydrogens (tertiary/aromatic N) is 1. The van der Waals surface area contributed by atoms with Crippen LogP contribution in [0.15, 0.2) is 30.3 Å². The van der Waals surface area contributed by atoms with Gasteiger partial charge in [0.25, 0.3) is 0 Å². The minimum absolute atomic E-state index is 0.0163. The van der Waals surface area contributed by atoms with Gasteiger partial charge in [0.1, 0.15) is 6.10 Å². The zero-order valence-corrected chi connectivity index (χ0v) is 10.8. The molecule has 0 bridgehead atoms. The summed E-state index contributed by atoms with van der Waals surface area (Å²) in [5, 5.41) is 2.46. The molecule has 0 amide bonds. The summed E-state index contributed by atoms with van der Waals surface area (Å²) in [6, 6.07) is 10.7. The summed E-state index contributed by atoms with van der Waals surface area (Å²) in [5.41, 5.74) is 2.28. The average Bonchev–Trinajstić information content (AvgIpc) is 3.32. The summed E-state index contributed by atoms with van der Waals surface area (Å²) >= 11 is 0. The lowest BCUT2D eigenvalue weighted by Gasteiger charge is -2.24. The Morgan fingerprint density at radius 1 is 1.11 bits per heavy atom. The van der Waals surface area contributed by atoms with Gasteiger partial charge >= 0.3 is 0 Å². The maximum atomic E-state index is 5.84. The molecule has 1 aliphatic heterocycles. The van der Waals surface area contributed by atoms with Crippen molar-refractivity contribution >= 4 is 10.8 Å². The molecule has 1 aromatic carbocycles. The summed E-state index contributed by atoms with van der Waals surface area (Å²) < 4.78 is 11.4. The quantitative estimate of drug-likeness (QED) is 0.825. The average molecular weight is 255 g/mol. The Bertz CT molecular complexity index is 601. The Kier molecular flexibility index (Phi) is 2.75. The minimum atomic E-state index is -0.0163. The van der Waals surface area contributed by atoms with Gasteiger partial charge in [-0.3, -0.25) is 4.98 Å². The number of rotatable bonds is 2. The Hall–Kier alpha value is -1.45. The highest BCUT2D eigenvalue weighted by molar-refractivity contribution is 5.85. The van der Waals surface area contributed by atoms with Gasteiger partial charge < -0.3 is 9.47 Å². The van der Waals surface area contributed by atoms with Gasteiger partial charge in [-0.25, -0.2) is 0 Å². The van der Waals surface area contributed by atoms with E-state index in [1.54, 1.807) is 0 Å². The van der Waals surface area contributed by atoms with E-state index in [1.165, 1.54) is 29.3 Å². The normalized spacial score (nSPS) is 23.7. The Labute approximate surface area is 112 Å². The number of aromatic nitrogens is 1. The second-order valence-electron chi connectivity index (χ2n) is 5.36. The van der Waals surface area contributed by atoms with Crippen LogP contribution in [0.5, 0.6) is 0 Å². The van der Waals surface area contributed by atoms with Crippen molar-refractivity contribution in [3.8, 4) is 0 Å². The summed E-state index contributed by atoms with van der Waals surface area (Å²) in [4.78, 5) is 4.88. The van der Waals surface area contributed by atoms with Crippen LogP contribution in [0.1, 0.15) is 36.3 Å². The fraction of sp³-hybridized carbons (Fsp3) is 0.438. The SMILES string of the molecule is c1ccc2c(C3COCCO3)nc(C3CC3)cc2c1. The smallest absolute Gasteiger partial charge is 0.123 e. The Balaban J connectivity index is 1.85. The molecule has 1 saturated heterocycles. The topological polar surface area (TPSA) is 31.4 Å². The molecule has 0 N–H and O–H groups in total. The molecule has 4 rings (SSSR count). The number of hydrogen-bond donors (Lipinski definition) is 0. The molecule has 0 radical (unpaired) electrons. The van der Waals surface area contributed by atoms with Crippen molar-refractivity contribution in [1.29, 1.82) is 0 Å². The van der Waals surface area contributed by atoms with Crippen LogP contribution in [-0.2, 0) is 9.47 Å². The third-order valence-electron chi connectivity index (χ3n) is 3.91. The lowest BCUT2D eigenvalue weighted by Crippen LogP contribution is -2.23. The summed E-state index contributed by atoms with van der Waals surface area (Å²) in [7, 11) is 0. The van der Waals surface area contributed by atoms with Gasteiger partial charge in [-0.1, -0.05) is 24.3 Å². The predicted molar refractivity (Wildman–Crippen MR) is 73.2 cm³/mol. The highest BCUT2D eigenvalue weighted by Gasteiger charge is 2.28. The zero-order chi connectivity index (χ0) is 12.7. The van der Waals surface area contributed by atoms with Gasteiger partial charge in [0, 0.05) is 17.0 Å². The minimum Gasteiger partial charge on any atom is -0.376 e. The van der Waals surface area contributed by atoms with Crippen LogP contribution in [0.3, 0.4) is 0 Å². The van der Waals surface area contributed by atoms with Crippen molar-refractivity contribution in [2.45, 2.75) is 24.9 Å². The van der Waals surface area contributed by atoms with Crippen LogP contribution < -0.4 is 0 Å².